The molecule has 0 radical (unpaired) electrons. The van der Waals surface area contributed by atoms with Crippen LogP contribution in [-0.2, 0) is 4.74 Å². The van der Waals surface area contributed by atoms with Gasteiger partial charge in [-0.2, -0.15) is 5.10 Å². The van der Waals surface area contributed by atoms with Crippen LogP contribution in [0.2, 0.25) is 0 Å². The Balaban J connectivity index is 2.57. The second-order valence-electron chi connectivity index (χ2n) is 4.02. The maximum absolute atomic E-state index is 11.5. The van der Waals surface area contributed by atoms with Crippen LogP contribution in [0.1, 0.15) is 15.9 Å². The molecule has 0 aliphatic heterocycles. The number of carbonyl (C=O) groups is 1. The predicted molar refractivity (Wildman–Crippen MR) is 70.6 cm³/mol. The molecular formula is C13H15N3O3. The SMILES string of the molecule is COC(=O)c1cnn(-c2cc(C)ccc2OC)c1N. The lowest BCUT2D eigenvalue weighted by Crippen LogP contribution is -2.08. The topological polar surface area (TPSA) is 79.4 Å². The number of rotatable bonds is 3. The Bertz CT molecular complexity index is 620. The Kier molecular flexibility index (Phi) is 3.41. The molecule has 2 rings (SSSR count). The zero-order valence-electron chi connectivity index (χ0n) is 11.0. The van der Waals surface area contributed by atoms with Gasteiger partial charge in [0, 0.05) is 0 Å². The standard InChI is InChI=1S/C13H15N3O3/c1-8-4-5-11(18-2)10(6-8)16-12(14)9(7-15-16)13(17)19-3/h4-7H,14H2,1-3H3. The van der Waals surface area contributed by atoms with E-state index in [0.29, 0.717) is 11.4 Å². The normalized spacial score (nSPS) is 10.3. The number of nitrogens with zero attached hydrogens (tertiary/aromatic N) is 2. The number of ether oxygens (including phenoxy) is 2. The molecule has 0 aliphatic carbocycles. The third kappa shape index (κ3) is 2.24. The first kappa shape index (κ1) is 12.9. The molecule has 0 fully saturated rings. The first-order valence-corrected chi connectivity index (χ1v) is 5.65. The zero-order chi connectivity index (χ0) is 14.0. The van der Waals surface area contributed by atoms with Crippen LogP contribution < -0.4 is 10.5 Å². The van der Waals surface area contributed by atoms with E-state index in [4.69, 9.17) is 10.5 Å². The summed E-state index contributed by atoms with van der Waals surface area (Å²) in [6, 6.07) is 5.62. The maximum atomic E-state index is 11.5. The van der Waals surface area contributed by atoms with Crippen molar-refractivity contribution in [3.63, 3.8) is 0 Å². The molecule has 0 unspecified atom stereocenters. The average molecular weight is 261 g/mol. The van der Waals surface area contributed by atoms with Crippen molar-refractivity contribution in [2.24, 2.45) is 0 Å². The van der Waals surface area contributed by atoms with Crippen LogP contribution in [0.3, 0.4) is 0 Å². The number of aryl methyl sites for hydroxylation is 1. The molecule has 100 valence electrons. The quantitative estimate of drug-likeness (QED) is 0.848. The Morgan fingerprint density at radius 1 is 1.37 bits per heavy atom. The molecule has 2 N–H and O–H groups in total. The number of carbonyl (C=O) groups excluding carboxylic acids is 1. The Hall–Kier alpha value is -2.50. The van der Waals surface area contributed by atoms with Gasteiger partial charge in [0.15, 0.2) is 0 Å². The van der Waals surface area contributed by atoms with Crippen molar-refractivity contribution in [3.05, 3.63) is 35.5 Å². The van der Waals surface area contributed by atoms with E-state index in [9.17, 15) is 4.79 Å². The molecular weight excluding hydrogens is 246 g/mol. The van der Waals surface area contributed by atoms with Gasteiger partial charge in [0.05, 0.1) is 20.4 Å². The van der Waals surface area contributed by atoms with Gasteiger partial charge in [0.1, 0.15) is 22.8 Å². The van der Waals surface area contributed by atoms with Gasteiger partial charge >= 0.3 is 5.97 Å². The summed E-state index contributed by atoms with van der Waals surface area (Å²) in [4.78, 5) is 11.5. The smallest absolute Gasteiger partial charge is 0.343 e. The predicted octanol–water partition coefficient (Wildman–Crippen LogP) is 1.56. The Morgan fingerprint density at radius 2 is 2.11 bits per heavy atom. The van der Waals surface area contributed by atoms with Crippen molar-refractivity contribution in [1.29, 1.82) is 0 Å². The van der Waals surface area contributed by atoms with Crippen molar-refractivity contribution < 1.29 is 14.3 Å². The van der Waals surface area contributed by atoms with Crippen LogP contribution in [0.25, 0.3) is 5.69 Å². The first-order chi connectivity index (χ1) is 9.08. The van der Waals surface area contributed by atoms with Gasteiger partial charge in [0.25, 0.3) is 0 Å². The highest BCUT2D eigenvalue weighted by Crippen LogP contribution is 2.27. The molecule has 0 amide bonds. The summed E-state index contributed by atoms with van der Waals surface area (Å²) in [7, 11) is 2.86. The fraction of sp³-hybridized carbons (Fsp3) is 0.231. The van der Waals surface area contributed by atoms with E-state index >= 15 is 0 Å². The lowest BCUT2D eigenvalue weighted by Gasteiger charge is -2.11. The van der Waals surface area contributed by atoms with Crippen LogP contribution in [0, 0.1) is 6.92 Å². The third-order valence-corrected chi connectivity index (χ3v) is 2.77. The lowest BCUT2D eigenvalue weighted by atomic mass is 10.2. The number of methoxy groups -OCH3 is 2. The monoisotopic (exact) mass is 261 g/mol. The van der Waals surface area contributed by atoms with E-state index in [0.717, 1.165) is 5.56 Å². The summed E-state index contributed by atoms with van der Waals surface area (Å²) < 4.78 is 11.4. The van der Waals surface area contributed by atoms with Crippen molar-refractivity contribution >= 4 is 11.8 Å². The van der Waals surface area contributed by atoms with Gasteiger partial charge in [-0.05, 0) is 24.6 Å². The molecule has 1 heterocycles. The fourth-order valence-electron chi connectivity index (χ4n) is 1.78. The summed E-state index contributed by atoms with van der Waals surface area (Å²) in [5, 5.41) is 4.12. The number of nitrogens with two attached hydrogens (primary N) is 1. The number of aromatic nitrogens is 2. The molecule has 19 heavy (non-hydrogen) atoms. The molecule has 6 nitrogen and oxygen atoms in total. The first-order valence-electron chi connectivity index (χ1n) is 5.65. The summed E-state index contributed by atoms with van der Waals surface area (Å²) >= 11 is 0. The summed E-state index contributed by atoms with van der Waals surface area (Å²) in [5.41, 5.74) is 7.87. The number of benzene rings is 1. The number of nitrogen functional groups attached to an aromatic ring is 1. The highest BCUT2D eigenvalue weighted by molar-refractivity contribution is 5.94. The Morgan fingerprint density at radius 3 is 2.74 bits per heavy atom. The highest BCUT2D eigenvalue weighted by atomic mass is 16.5. The third-order valence-electron chi connectivity index (χ3n) is 2.77. The average Bonchev–Trinajstić information content (AvgIpc) is 2.79. The van der Waals surface area contributed by atoms with Crippen LogP contribution >= 0.6 is 0 Å². The second kappa shape index (κ2) is 5.01. The highest BCUT2D eigenvalue weighted by Gasteiger charge is 2.18. The summed E-state index contributed by atoms with van der Waals surface area (Å²) in [6.07, 6.45) is 1.38. The molecule has 1 aromatic heterocycles. The number of hydrogen-bond acceptors (Lipinski definition) is 5. The number of hydrogen-bond donors (Lipinski definition) is 1. The van der Waals surface area contributed by atoms with Gasteiger partial charge < -0.3 is 15.2 Å². The molecule has 0 atom stereocenters. The Labute approximate surface area is 110 Å². The van der Waals surface area contributed by atoms with Crippen LogP contribution in [0.15, 0.2) is 24.4 Å². The molecule has 1 aromatic carbocycles. The fourth-order valence-corrected chi connectivity index (χ4v) is 1.78. The van der Waals surface area contributed by atoms with Gasteiger partial charge in [-0.3, -0.25) is 0 Å². The van der Waals surface area contributed by atoms with E-state index < -0.39 is 5.97 Å². The minimum absolute atomic E-state index is 0.218. The van der Waals surface area contributed by atoms with Crippen molar-refractivity contribution in [2.45, 2.75) is 6.92 Å². The van der Waals surface area contributed by atoms with Crippen molar-refractivity contribution in [1.82, 2.24) is 9.78 Å². The van der Waals surface area contributed by atoms with Crippen molar-refractivity contribution in [2.75, 3.05) is 20.0 Å². The molecule has 0 spiro atoms. The van der Waals surface area contributed by atoms with E-state index in [1.54, 1.807) is 7.11 Å². The van der Waals surface area contributed by atoms with E-state index in [-0.39, 0.29) is 11.4 Å². The van der Waals surface area contributed by atoms with Crippen LogP contribution in [0.4, 0.5) is 5.82 Å². The molecule has 0 saturated carbocycles. The zero-order valence-corrected chi connectivity index (χ0v) is 11.0. The lowest BCUT2D eigenvalue weighted by molar-refractivity contribution is 0.0602. The minimum Gasteiger partial charge on any atom is -0.494 e. The van der Waals surface area contributed by atoms with E-state index in [1.165, 1.54) is 18.0 Å². The van der Waals surface area contributed by atoms with Crippen LogP contribution in [0.5, 0.6) is 5.75 Å². The van der Waals surface area contributed by atoms with Crippen molar-refractivity contribution in [3.8, 4) is 11.4 Å². The van der Waals surface area contributed by atoms with Gasteiger partial charge in [-0.25, -0.2) is 9.48 Å². The molecule has 2 aromatic rings. The van der Waals surface area contributed by atoms with Gasteiger partial charge in [0.2, 0.25) is 0 Å². The summed E-state index contributed by atoms with van der Waals surface area (Å²) in [5.74, 6) is 0.322. The number of esters is 1. The van der Waals surface area contributed by atoms with E-state index in [1.807, 2.05) is 25.1 Å². The maximum Gasteiger partial charge on any atom is 0.343 e. The van der Waals surface area contributed by atoms with Gasteiger partial charge in [-0.15, -0.1) is 0 Å². The van der Waals surface area contributed by atoms with Gasteiger partial charge in [-0.1, -0.05) is 6.07 Å². The van der Waals surface area contributed by atoms with Crippen LogP contribution in [-0.4, -0.2) is 30.0 Å². The summed E-state index contributed by atoms with van der Waals surface area (Å²) in [6.45, 7) is 1.95. The molecule has 6 heteroatoms. The molecule has 0 saturated heterocycles. The molecule has 0 bridgehead atoms. The largest absolute Gasteiger partial charge is 0.494 e. The minimum atomic E-state index is -0.518. The van der Waals surface area contributed by atoms with E-state index in [2.05, 4.69) is 9.84 Å². The molecule has 0 aliphatic rings. The second-order valence-corrected chi connectivity index (χ2v) is 4.02. The number of anilines is 1.